The third-order valence-corrected chi connectivity index (χ3v) is 9.49. The molecule has 10 aromatic rings. The molecule has 2 aromatic heterocycles. The maximum atomic E-state index is 9.33. The van der Waals surface area contributed by atoms with Crippen molar-refractivity contribution in [3.8, 4) is 44.8 Å². The maximum absolute atomic E-state index is 9.33. The van der Waals surface area contributed by atoms with Gasteiger partial charge in [-0.15, -0.1) is 0 Å². The van der Waals surface area contributed by atoms with Crippen LogP contribution >= 0.6 is 0 Å². The Kier molecular flexibility index (Phi) is 4.76. The van der Waals surface area contributed by atoms with Crippen molar-refractivity contribution in [3.63, 3.8) is 0 Å². The molecule has 0 atom stereocenters. The number of rotatable bonds is 5. The molecular formula is C48H32N2. The first-order chi connectivity index (χ1) is 28.6. The molecule has 2 heterocycles. The molecule has 0 saturated heterocycles. The Morgan fingerprint density at radius 2 is 0.820 bits per heavy atom. The SMILES string of the molecule is [2H]c1c([2H])c([2H])c(-c2c([2H])c([2H])c(-n3c4ccccc4c4c5c6ccccc6n(-c6cccc(-c7ccc(-c8ccccc8)cc7)c6)c5ccc43)c([2H])c2[2H])c([2H])c1[2H]. The lowest BCUT2D eigenvalue weighted by molar-refractivity contribution is 1.17. The second-order valence-electron chi connectivity index (χ2n) is 12.3. The molecule has 0 spiro atoms. The van der Waals surface area contributed by atoms with E-state index in [9.17, 15) is 2.74 Å². The normalized spacial score (nSPS) is 14.1. The van der Waals surface area contributed by atoms with Crippen molar-refractivity contribution in [1.29, 1.82) is 0 Å². The number of aromatic nitrogens is 2. The summed E-state index contributed by atoms with van der Waals surface area (Å²) in [4.78, 5) is 0. The van der Waals surface area contributed by atoms with Gasteiger partial charge in [-0.25, -0.2) is 0 Å². The molecular weight excluding hydrogens is 605 g/mol. The van der Waals surface area contributed by atoms with Crippen molar-refractivity contribution in [2.75, 3.05) is 0 Å². The van der Waals surface area contributed by atoms with E-state index in [1.54, 1.807) is 4.57 Å². The van der Waals surface area contributed by atoms with Gasteiger partial charge in [-0.05, 0) is 81.9 Å². The minimum absolute atomic E-state index is 0.00334. The minimum Gasteiger partial charge on any atom is -0.309 e. The van der Waals surface area contributed by atoms with Crippen LogP contribution in [0.5, 0.6) is 0 Å². The molecule has 0 saturated carbocycles. The van der Waals surface area contributed by atoms with Gasteiger partial charge in [0, 0.05) is 32.9 Å². The fourth-order valence-electron chi connectivity index (χ4n) is 7.27. The number of fused-ring (bicyclic) bond motifs is 7. The summed E-state index contributed by atoms with van der Waals surface area (Å²) >= 11 is 0. The van der Waals surface area contributed by atoms with E-state index in [4.69, 9.17) is 9.60 Å². The van der Waals surface area contributed by atoms with Crippen LogP contribution in [0.25, 0.3) is 88.4 Å². The standard InChI is InChI=1S/C48H32N2/c1-3-12-33(13-4-1)35-22-24-37(25-23-35)38-16-11-17-40(32-38)50-44-21-10-8-19-42(44)48-46(50)31-30-45-47(48)41-18-7-9-20-43(41)49(45)39-28-26-36(27-29-39)34-14-5-2-6-15-34/h1-32H/i2D,5D,6D,14D,15D,26D,27D,28D,29D. The molecule has 0 aliphatic heterocycles. The highest BCUT2D eigenvalue weighted by Crippen LogP contribution is 2.42. The number of para-hydroxylation sites is 2. The third kappa shape index (κ3) is 4.50. The molecule has 234 valence electrons. The summed E-state index contributed by atoms with van der Waals surface area (Å²) in [6, 6.07) is 42.5. The maximum Gasteiger partial charge on any atom is 0.0645 e. The molecule has 2 heteroatoms. The molecule has 0 bridgehead atoms. The van der Waals surface area contributed by atoms with Gasteiger partial charge in [0.25, 0.3) is 0 Å². The topological polar surface area (TPSA) is 9.86 Å². The monoisotopic (exact) mass is 645 g/mol. The molecule has 0 aliphatic rings. The van der Waals surface area contributed by atoms with Crippen molar-refractivity contribution in [1.82, 2.24) is 9.13 Å². The highest BCUT2D eigenvalue weighted by molar-refractivity contribution is 6.28. The zero-order valence-electron chi connectivity index (χ0n) is 35.7. The van der Waals surface area contributed by atoms with Crippen molar-refractivity contribution >= 4 is 43.6 Å². The van der Waals surface area contributed by atoms with Gasteiger partial charge in [-0.3, -0.25) is 0 Å². The average molecular weight is 646 g/mol. The lowest BCUT2D eigenvalue weighted by Crippen LogP contribution is -1.95. The highest BCUT2D eigenvalue weighted by Gasteiger charge is 2.20. The summed E-state index contributed by atoms with van der Waals surface area (Å²) in [6.45, 7) is 0. The Labute approximate surface area is 303 Å². The van der Waals surface area contributed by atoms with Crippen molar-refractivity contribution in [2.45, 2.75) is 0 Å². The van der Waals surface area contributed by atoms with Gasteiger partial charge in [0.05, 0.1) is 34.4 Å². The Morgan fingerprint density at radius 1 is 0.320 bits per heavy atom. The third-order valence-electron chi connectivity index (χ3n) is 9.49. The fraction of sp³-hybridized carbons (Fsp3) is 0. The van der Waals surface area contributed by atoms with Crippen molar-refractivity contribution in [2.24, 2.45) is 0 Å². The molecule has 0 aliphatic carbocycles. The van der Waals surface area contributed by atoms with Gasteiger partial charge in [0.1, 0.15) is 0 Å². The zero-order chi connectivity index (χ0) is 40.9. The van der Waals surface area contributed by atoms with Crippen LogP contribution < -0.4 is 0 Å². The highest BCUT2D eigenvalue weighted by atomic mass is 15.0. The van der Waals surface area contributed by atoms with Gasteiger partial charge < -0.3 is 9.13 Å². The Balaban J connectivity index is 1.20. The van der Waals surface area contributed by atoms with Crippen LogP contribution in [0.1, 0.15) is 12.3 Å². The summed E-state index contributed by atoms with van der Waals surface area (Å²) in [5, 5.41) is 3.71. The van der Waals surface area contributed by atoms with Crippen LogP contribution in [0.3, 0.4) is 0 Å². The number of benzene rings is 8. The first kappa shape index (κ1) is 20.7. The Bertz CT molecular complexity index is 3310. The second kappa shape index (κ2) is 11.5. The van der Waals surface area contributed by atoms with Crippen LogP contribution in [-0.4, -0.2) is 9.13 Å². The predicted octanol–water partition coefficient (Wildman–Crippen LogP) is 12.9. The van der Waals surface area contributed by atoms with Crippen LogP contribution in [0, 0.1) is 0 Å². The van der Waals surface area contributed by atoms with E-state index in [-0.39, 0.29) is 16.8 Å². The summed E-state index contributed by atoms with van der Waals surface area (Å²) < 4.78 is 82.5. The molecule has 8 aromatic carbocycles. The number of hydrogen-bond acceptors (Lipinski definition) is 0. The zero-order valence-corrected chi connectivity index (χ0v) is 26.7. The average Bonchev–Trinajstić information content (AvgIpc) is 3.79. The van der Waals surface area contributed by atoms with Crippen LogP contribution in [0.2, 0.25) is 0 Å². The number of nitrogens with zero attached hydrogens (tertiary/aromatic N) is 2. The molecule has 2 nitrogen and oxygen atoms in total. The van der Waals surface area contributed by atoms with E-state index < -0.39 is 54.4 Å². The largest absolute Gasteiger partial charge is 0.309 e. The lowest BCUT2D eigenvalue weighted by Gasteiger charge is -2.12. The number of hydrogen-bond donors (Lipinski definition) is 0. The first-order valence-electron chi connectivity index (χ1n) is 21.0. The predicted molar refractivity (Wildman–Crippen MR) is 211 cm³/mol. The van der Waals surface area contributed by atoms with Gasteiger partial charge in [-0.2, -0.15) is 0 Å². The summed E-state index contributed by atoms with van der Waals surface area (Å²) in [5.74, 6) is 0. The van der Waals surface area contributed by atoms with Gasteiger partial charge in [0.2, 0.25) is 0 Å². The van der Waals surface area contributed by atoms with Crippen LogP contribution in [0.4, 0.5) is 0 Å². The van der Waals surface area contributed by atoms with E-state index in [2.05, 4.69) is 77.4 Å². The van der Waals surface area contributed by atoms with Crippen molar-refractivity contribution in [3.05, 3.63) is 194 Å². The molecule has 0 fully saturated rings. The van der Waals surface area contributed by atoms with E-state index in [1.165, 1.54) is 0 Å². The molecule has 0 radical (unpaired) electrons. The minimum atomic E-state index is -0.614. The molecule has 0 amide bonds. The molecule has 10 rings (SSSR count). The molecule has 0 N–H and O–H groups in total. The Morgan fingerprint density at radius 3 is 1.46 bits per heavy atom. The van der Waals surface area contributed by atoms with E-state index in [1.807, 2.05) is 66.7 Å². The Hall–Kier alpha value is -6.64. The van der Waals surface area contributed by atoms with E-state index in [0.29, 0.717) is 11.0 Å². The first-order valence-corrected chi connectivity index (χ1v) is 16.5. The summed E-state index contributed by atoms with van der Waals surface area (Å²) in [7, 11) is 0. The van der Waals surface area contributed by atoms with Gasteiger partial charge in [0.15, 0.2) is 0 Å². The summed E-state index contributed by atoms with van der Waals surface area (Å²) in [5.41, 5.74) is 8.02. The quantitative estimate of drug-likeness (QED) is 0.176. The van der Waals surface area contributed by atoms with Crippen LogP contribution in [-0.2, 0) is 0 Å². The fourth-order valence-corrected chi connectivity index (χ4v) is 7.27. The molecule has 50 heavy (non-hydrogen) atoms. The smallest absolute Gasteiger partial charge is 0.0645 e. The lowest BCUT2D eigenvalue weighted by atomic mass is 10.00. The molecule has 0 unspecified atom stereocenters. The van der Waals surface area contributed by atoms with Crippen molar-refractivity contribution < 1.29 is 12.3 Å². The van der Waals surface area contributed by atoms with Gasteiger partial charge >= 0.3 is 0 Å². The van der Waals surface area contributed by atoms with E-state index >= 15 is 0 Å². The summed E-state index contributed by atoms with van der Waals surface area (Å²) in [6.07, 6.45) is 0. The van der Waals surface area contributed by atoms with E-state index in [0.717, 1.165) is 60.5 Å². The van der Waals surface area contributed by atoms with Gasteiger partial charge in [-0.1, -0.05) is 145 Å². The second-order valence-corrected chi connectivity index (χ2v) is 12.3. The van der Waals surface area contributed by atoms with Crippen LogP contribution in [0.15, 0.2) is 194 Å².